The number of hydrogen-bond donors (Lipinski definition) is 2. The number of benzene rings is 1. The zero-order valence-corrected chi connectivity index (χ0v) is 17.9. The number of hydrogen-bond acceptors (Lipinski definition) is 6. The molecule has 10 heteroatoms. The van der Waals surface area contributed by atoms with Gasteiger partial charge in [-0.15, -0.1) is 17.5 Å². The summed E-state index contributed by atoms with van der Waals surface area (Å²) in [6.07, 6.45) is 4.54. The van der Waals surface area contributed by atoms with Crippen LogP contribution in [0.2, 0.25) is 0 Å². The Bertz CT molecular complexity index is 965. The van der Waals surface area contributed by atoms with Crippen LogP contribution in [0.5, 0.6) is 0 Å². The van der Waals surface area contributed by atoms with Gasteiger partial charge in [0.1, 0.15) is 0 Å². The van der Waals surface area contributed by atoms with Crippen molar-refractivity contribution in [1.82, 2.24) is 29.9 Å². The van der Waals surface area contributed by atoms with Gasteiger partial charge in [-0.25, -0.2) is 9.67 Å². The van der Waals surface area contributed by atoms with Gasteiger partial charge in [-0.05, 0) is 51.4 Å². The summed E-state index contributed by atoms with van der Waals surface area (Å²) in [7, 11) is 0. The Kier molecular flexibility index (Phi) is 7.78. The van der Waals surface area contributed by atoms with E-state index in [-0.39, 0.29) is 24.4 Å². The maximum absolute atomic E-state index is 12.8. The molecular weight excluding hydrogens is 406 g/mol. The Balaban J connectivity index is 0.00000256. The molecule has 1 saturated heterocycles. The number of aryl methyl sites for hydroxylation is 1. The van der Waals surface area contributed by atoms with E-state index in [1.54, 1.807) is 10.9 Å². The van der Waals surface area contributed by atoms with Crippen LogP contribution in [0.1, 0.15) is 42.7 Å². The number of fused-ring (bicyclic) bond motifs is 1. The normalized spacial score (nSPS) is 14.6. The minimum Gasteiger partial charge on any atom is -0.382 e. The molecule has 0 saturated carbocycles. The van der Waals surface area contributed by atoms with Gasteiger partial charge in [0.05, 0.1) is 23.3 Å². The van der Waals surface area contributed by atoms with E-state index >= 15 is 0 Å². The fraction of sp³-hybridized carbons (Fsp3) is 0.500. The van der Waals surface area contributed by atoms with Crippen molar-refractivity contribution in [2.24, 2.45) is 0 Å². The third-order valence-electron chi connectivity index (χ3n) is 5.18. The molecule has 1 aliphatic rings. The van der Waals surface area contributed by atoms with Crippen molar-refractivity contribution in [3.8, 4) is 0 Å². The summed E-state index contributed by atoms with van der Waals surface area (Å²) >= 11 is 0. The summed E-state index contributed by atoms with van der Waals surface area (Å²) in [5.41, 5.74) is 2.13. The van der Waals surface area contributed by atoms with E-state index in [1.807, 2.05) is 35.8 Å². The Morgan fingerprint density at radius 2 is 2.10 bits per heavy atom. The number of ether oxygens (including phenoxy) is 1. The van der Waals surface area contributed by atoms with Gasteiger partial charge in [-0.1, -0.05) is 17.3 Å². The quantitative estimate of drug-likeness (QED) is 0.530. The summed E-state index contributed by atoms with van der Waals surface area (Å²) in [5, 5.41) is 14.5. The number of aromatic nitrogens is 5. The molecule has 1 aromatic carbocycles. The Hall–Kier alpha value is -2.49. The monoisotopic (exact) mass is 433 g/mol. The minimum absolute atomic E-state index is 0. The van der Waals surface area contributed by atoms with Crippen LogP contribution in [0.25, 0.3) is 11.0 Å². The summed E-state index contributed by atoms with van der Waals surface area (Å²) in [4.78, 5) is 17.4. The number of nitrogens with zero attached hydrogens (tertiary/aromatic N) is 5. The summed E-state index contributed by atoms with van der Waals surface area (Å²) in [6, 6.07) is 8.15. The number of imidazole rings is 1. The van der Waals surface area contributed by atoms with Gasteiger partial charge in [0.2, 0.25) is 5.95 Å². The predicted octanol–water partition coefficient (Wildman–Crippen LogP) is 2.65. The summed E-state index contributed by atoms with van der Waals surface area (Å²) in [6.45, 7) is 5.96. The van der Waals surface area contributed by atoms with Crippen molar-refractivity contribution in [2.45, 2.75) is 38.8 Å². The molecule has 0 atom stereocenters. The van der Waals surface area contributed by atoms with E-state index in [9.17, 15) is 4.79 Å². The lowest BCUT2D eigenvalue weighted by molar-refractivity contribution is 0.102. The zero-order valence-electron chi connectivity index (χ0n) is 17.1. The first-order valence-corrected chi connectivity index (χ1v) is 10.2. The SMILES string of the molecule is CCOCCCn1c(NC(=O)c2cn(C3CCNCC3)nn2)nc2ccccc21.Cl. The fourth-order valence-corrected chi connectivity index (χ4v) is 3.66. The first-order valence-electron chi connectivity index (χ1n) is 10.2. The minimum atomic E-state index is -0.299. The molecule has 0 aliphatic carbocycles. The van der Waals surface area contributed by atoms with E-state index in [1.165, 1.54) is 0 Å². The number of para-hydroxylation sites is 2. The number of carbonyl (C=O) groups is 1. The van der Waals surface area contributed by atoms with Gasteiger partial charge in [-0.2, -0.15) is 0 Å². The topological polar surface area (TPSA) is 98.9 Å². The average molecular weight is 434 g/mol. The standard InChI is InChI=1S/C20H27N7O2.ClH/c1-2-29-13-5-12-26-18-7-4-3-6-16(18)22-20(26)23-19(28)17-14-27(25-24-17)15-8-10-21-11-9-15;/h3-4,6-7,14-15,21H,2,5,8-13H2,1H3,(H,22,23,28);1H. The van der Waals surface area contributed by atoms with E-state index in [4.69, 9.17) is 4.74 Å². The lowest BCUT2D eigenvalue weighted by Gasteiger charge is -2.22. The van der Waals surface area contributed by atoms with Crippen LogP contribution >= 0.6 is 12.4 Å². The van der Waals surface area contributed by atoms with Crippen molar-refractivity contribution < 1.29 is 9.53 Å². The van der Waals surface area contributed by atoms with Gasteiger partial charge in [0, 0.05) is 19.8 Å². The third-order valence-corrected chi connectivity index (χ3v) is 5.18. The van der Waals surface area contributed by atoms with Crippen LogP contribution in [-0.2, 0) is 11.3 Å². The molecule has 0 bridgehead atoms. The Morgan fingerprint density at radius 1 is 1.30 bits per heavy atom. The predicted molar refractivity (Wildman–Crippen MR) is 117 cm³/mol. The van der Waals surface area contributed by atoms with Crippen LogP contribution < -0.4 is 10.6 Å². The molecule has 0 unspecified atom stereocenters. The molecule has 3 aromatic rings. The van der Waals surface area contributed by atoms with Crippen molar-refractivity contribution in [1.29, 1.82) is 0 Å². The zero-order chi connectivity index (χ0) is 20.1. The highest BCUT2D eigenvalue weighted by Gasteiger charge is 2.20. The molecule has 4 rings (SSSR count). The van der Waals surface area contributed by atoms with Gasteiger partial charge >= 0.3 is 0 Å². The molecule has 0 radical (unpaired) electrons. The second-order valence-electron chi connectivity index (χ2n) is 7.15. The van der Waals surface area contributed by atoms with Gasteiger partial charge in [-0.3, -0.25) is 10.1 Å². The molecular formula is C20H28ClN7O2. The molecule has 0 spiro atoms. The highest BCUT2D eigenvalue weighted by molar-refractivity contribution is 6.02. The fourth-order valence-electron chi connectivity index (χ4n) is 3.66. The molecule has 1 aliphatic heterocycles. The molecule has 2 N–H and O–H groups in total. The van der Waals surface area contributed by atoms with Crippen molar-refractivity contribution >= 4 is 35.3 Å². The Labute approximate surface area is 181 Å². The van der Waals surface area contributed by atoms with Crippen molar-refractivity contribution in [3.05, 3.63) is 36.2 Å². The van der Waals surface area contributed by atoms with E-state index < -0.39 is 0 Å². The number of carbonyl (C=O) groups excluding carboxylic acids is 1. The van der Waals surface area contributed by atoms with Crippen LogP contribution in [0.4, 0.5) is 5.95 Å². The summed E-state index contributed by atoms with van der Waals surface area (Å²) < 4.78 is 9.27. The number of halogens is 1. The van der Waals surface area contributed by atoms with Gasteiger partial charge in [0.25, 0.3) is 5.91 Å². The van der Waals surface area contributed by atoms with Crippen LogP contribution in [0.3, 0.4) is 0 Å². The first-order chi connectivity index (χ1) is 14.3. The van der Waals surface area contributed by atoms with Crippen LogP contribution in [0.15, 0.2) is 30.5 Å². The molecule has 1 amide bonds. The number of amides is 1. The maximum atomic E-state index is 12.8. The van der Waals surface area contributed by atoms with Gasteiger partial charge < -0.3 is 14.6 Å². The number of nitrogens with one attached hydrogen (secondary N) is 2. The lowest BCUT2D eigenvalue weighted by Crippen LogP contribution is -2.29. The summed E-state index contributed by atoms with van der Waals surface area (Å²) in [5.74, 6) is 0.218. The van der Waals surface area contributed by atoms with E-state index in [0.717, 1.165) is 43.4 Å². The van der Waals surface area contributed by atoms with Crippen molar-refractivity contribution in [2.75, 3.05) is 31.6 Å². The van der Waals surface area contributed by atoms with Crippen molar-refractivity contribution in [3.63, 3.8) is 0 Å². The molecule has 30 heavy (non-hydrogen) atoms. The molecule has 9 nitrogen and oxygen atoms in total. The second-order valence-corrected chi connectivity index (χ2v) is 7.15. The molecule has 3 heterocycles. The average Bonchev–Trinajstić information content (AvgIpc) is 3.37. The number of rotatable bonds is 8. The number of piperidine rings is 1. The first kappa shape index (κ1) is 22.2. The highest BCUT2D eigenvalue weighted by Crippen LogP contribution is 2.21. The Morgan fingerprint density at radius 3 is 2.90 bits per heavy atom. The number of anilines is 1. The van der Waals surface area contributed by atoms with Gasteiger partial charge in [0.15, 0.2) is 5.69 Å². The second kappa shape index (κ2) is 10.5. The smallest absolute Gasteiger partial charge is 0.280 e. The molecule has 1 fully saturated rings. The third kappa shape index (κ3) is 4.97. The largest absolute Gasteiger partial charge is 0.382 e. The van der Waals surface area contributed by atoms with Crippen LogP contribution in [-0.4, -0.2) is 56.8 Å². The lowest BCUT2D eigenvalue weighted by atomic mass is 10.1. The highest BCUT2D eigenvalue weighted by atomic mass is 35.5. The van der Waals surface area contributed by atoms with E-state index in [0.29, 0.717) is 31.4 Å². The van der Waals surface area contributed by atoms with E-state index in [2.05, 4.69) is 25.9 Å². The molecule has 162 valence electrons. The molecule has 2 aromatic heterocycles. The van der Waals surface area contributed by atoms with Crippen LogP contribution in [0, 0.1) is 0 Å². The maximum Gasteiger partial charge on any atom is 0.280 e.